The monoisotopic (exact) mass is 520 g/mol. The summed E-state index contributed by atoms with van der Waals surface area (Å²) < 4.78 is 9.37. The summed E-state index contributed by atoms with van der Waals surface area (Å²) in [5.74, 6) is 2.93. The molecule has 4 aromatic rings. The second kappa shape index (κ2) is 9.36. The summed E-state index contributed by atoms with van der Waals surface area (Å²) in [6.07, 6.45) is 11.0. The lowest BCUT2D eigenvalue weighted by Gasteiger charge is -2.29. The van der Waals surface area contributed by atoms with Gasteiger partial charge < -0.3 is 4.74 Å². The largest absolute Gasteiger partial charge is 0.455 e. The first-order valence-electron chi connectivity index (χ1n) is 15.1. The minimum Gasteiger partial charge on any atom is -0.455 e. The number of hydrogen-bond acceptors (Lipinski definition) is 1. The van der Waals surface area contributed by atoms with Crippen molar-refractivity contribution < 1.29 is 9.30 Å². The molecule has 0 radical (unpaired) electrons. The summed E-state index contributed by atoms with van der Waals surface area (Å²) in [4.78, 5) is 0. The summed E-state index contributed by atoms with van der Waals surface area (Å²) in [6.45, 7) is 16.3. The van der Waals surface area contributed by atoms with Crippen molar-refractivity contribution in [2.45, 2.75) is 93.4 Å². The van der Waals surface area contributed by atoms with E-state index in [4.69, 9.17) is 4.74 Å². The van der Waals surface area contributed by atoms with Crippen LogP contribution in [0.2, 0.25) is 0 Å². The molecule has 2 heteroatoms. The van der Waals surface area contributed by atoms with Crippen molar-refractivity contribution in [2.75, 3.05) is 0 Å². The molecule has 1 saturated carbocycles. The number of hydrogen-bond donors (Lipinski definition) is 0. The Labute approximate surface area is 235 Å². The number of pyridine rings is 1. The molecule has 0 unspecified atom stereocenters. The fourth-order valence-electron chi connectivity index (χ4n) is 7.25. The van der Waals surface area contributed by atoms with Crippen LogP contribution in [0, 0.1) is 23.7 Å². The van der Waals surface area contributed by atoms with Crippen LogP contribution in [0.25, 0.3) is 32.8 Å². The van der Waals surface area contributed by atoms with Crippen LogP contribution >= 0.6 is 0 Å². The van der Waals surface area contributed by atoms with Gasteiger partial charge in [-0.25, -0.2) is 4.57 Å². The van der Waals surface area contributed by atoms with Crippen LogP contribution in [0.3, 0.4) is 0 Å². The Bertz CT molecular complexity index is 1590. The molecular formula is C37H46NO+. The Morgan fingerprint density at radius 3 is 2.26 bits per heavy atom. The van der Waals surface area contributed by atoms with E-state index >= 15 is 0 Å². The number of fused-ring (bicyclic) bond motifs is 3. The molecule has 0 bridgehead atoms. The molecule has 0 saturated heterocycles. The Morgan fingerprint density at radius 1 is 0.846 bits per heavy atom. The molecule has 1 aliphatic heterocycles. The van der Waals surface area contributed by atoms with E-state index in [0.29, 0.717) is 0 Å². The van der Waals surface area contributed by atoms with Gasteiger partial charge in [-0.1, -0.05) is 91.5 Å². The van der Waals surface area contributed by atoms with Crippen LogP contribution in [0.1, 0.15) is 89.5 Å². The molecule has 0 N–H and O–H groups in total. The van der Waals surface area contributed by atoms with E-state index in [-0.39, 0.29) is 10.8 Å². The number of nitrogens with zero attached hydrogens (tertiary/aromatic N) is 1. The van der Waals surface area contributed by atoms with Gasteiger partial charge in [0.05, 0.1) is 10.9 Å². The molecule has 3 aromatic carbocycles. The molecular weight excluding hydrogens is 474 g/mol. The van der Waals surface area contributed by atoms with Crippen molar-refractivity contribution in [3.63, 3.8) is 0 Å². The van der Waals surface area contributed by atoms with E-state index in [1.165, 1.54) is 87.2 Å². The van der Waals surface area contributed by atoms with E-state index in [2.05, 4.69) is 103 Å². The summed E-state index contributed by atoms with van der Waals surface area (Å²) in [5, 5.41) is 5.28. The normalized spacial score (nSPS) is 15.7. The lowest BCUT2D eigenvalue weighted by atomic mass is 9.81. The third-order valence-electron chi connectivity index (χ3n) is 8.84. The molecule has 2 aliphatic rings. The topological polar surface area (TPSA) is 13.1 Å². The Morgan fingerprint density at radius 2 is 1.56 bits per heavy atom. The fraction of sp³-hybridized carbons (Fsp3) is 0.486. The van der Waals surface area contributed by atoms with Gasteiger partial charge in [0, 0.05) is 11.6 Å². The summed E-state index contributed by atoms with van der Waals surface area (Å²) in [6, 6.07) is 14.3. The number of benzene rings is 3. The SMILES string of the molecule is Cc1c2c(c(CC(C)(C)C)c3ccc(CC4CCCC4)cc13)Oc1cc(CC(C)(C)C)cc3cc[n+](C)c-2c13. The Balaban J connectivity index is 1.62. The van der Waals surface area contributed by atoms with Crippen molar-refractivity contribution in [1.82, 2.24) is 0 Å². The highest BCUT2D eigenvalue weighted by atomic mass is 16.5. The highest BCUT2D eigenvalue weighted by Gasteiger charge is 2.34. The van der Waals surface area contributed by atoms with E-state index < -0.39 is 0 Å². The molecule has 1 aliphatic carbocycles. The molecule has 39 heavy (non-hydrogen) atoms. The first-order valence-corrected chi connectivity index (χ1v) is 15.1. The second-order valence-corrected chi connectivity index (χ2v) is 15.0. The average Bonchev–Trinajstić information content (AvgIpc) is 3.34. The minimum absolute atomic E-state index is 0.143. The van der Waals surface area contributed by atoms with Gasteiger partial charge in [-0.05, 0) is 81.8 Å². The third kappa shape index (κ3) is 4.96. The second-order valence-electron chi connectivity index (χ2n) is 15.0. The minimum atomic E-state index is 0.143. The van der Waals surface area contributed by atoms with E-state index in [0.717, 1.165) is 30.3 Å². The lowest BCUT2D eigenvalue weighted by Crippen LogP contribution is -2.32. The standard InChI is InChI=1S/C37H46NO/c1-23-29-19-25(17-24-11-9-10-12-24)13-14-28(29)30(22-37(5,6)7)35-32(23)34-33-27(15-16-38(34)8)18-26(20-31(33)39-35)21-36(2,3)4/h13-16,18-20,24H,9-12,17,21-22H2,1-8H3/q+1. The smallest absolute Gasteiger partial charge is 0.228 e. The molecule has 2 heterocycles. The highest BCUT2D eigenvalue weighted by Crippen LogP contribution is 2.52. The van der Waals surface area contributed by atoms with Gasteiger partial charge in [-0.2, -0.15) is 0 Å². The van der Waals surface area contributed by atoms with E-state index in [1.54, 1.807) is 0 Å². The number of ether oxygens (including phenoxy) is 1. The summed E-state index contributed by atoms with van der Waals surface area (Å²) >= 11 is 0. The predicted molar refractivity (Wildman–Crippen MR) is 165 cm³/mol. The number of aryl methyl sites for hydroxylation is 2. The van der Waals surface area contributed by atoms with Crippen molar-refractivity contribution in [2.24, 2.45) is 23.8 Å². The first kappa shape index (κ1) is 26.4. The molecule has 0 spiro atoms. The molecule has 2 nitrogen and oxygen atoms in total. The van der Waals surface area contributed by atoms with Crippen LogP contribution in [0.4, 0.5) is 0 Å². The van der Waals surface area contributed by atoms with Crippen molar-refractivity contribution in [3.05, 3.63) is 64.8 Å². The van der Waals surface area contributed by atoms with E-state index in [1.807, 2.05) is 0 Å². The van der Waals surface area contributed by atoms with Crippen LogP contribution < -0.4 is 9.30 Å². The summed E-state index contributed by atoms with van der Waals surface area (Å²) in [7, 11) is 2.19. The maximum absolute atomic E-state index is 7.05. The van der Waals surface area contributed by atoms with Crippen LogP contribution in [0.15, 0.2) is 42.6 Å². The van der Waals surface area contributed by atoms with Gasteiger partial charge >= 0.3 is 0 Å². The molecule has 1 aromatic heterocycles. The van der Waals surface area contributed by atoms with Crippen molar-refractivity contribution >= 4 is 21.5 Å². The molecule has 0 amide bonds. The molecule has 204 valence electrons. The predicted octanol–water partition coefficient (Wildman–Crippen LogP) is 9.81. The third-order valence-corrected chi connectivity index (χ3v) is 8.84. The maximum Gasteiger partial charge on any atom is 0.228 e. The highest BCUT2D eigenvalue weighted by molar-refractivity contribution is 6.06. The molecule has 6 rings (SSSR count). The zero-order valence-electron chi connectivity index (χ0n) is 25.4. The van der Waals surface area contributed by atoms with Gasteiger partial charge in [0.1, 0.15) is 18.5 Å². The van der Waals surface area contributed by atoms with Gasteiger partial charge in [-0.3, -0.25) is 0 Å². The van der Waals surface area contributed by atoms with Crippen LogP contribution in [-0.4, -0.2) is 0 Å². The van der Waals surface area contributed by atoms with Crippen LogP contribution in [-0.2, 0) is 26.3 Å². The zero-order valence-corrected chi connectivity index (χ0v) is 25.4. The Kier molecular flexibility index (Phi) is 6.32. The molecule has 1 fully saturated rings. The zero-order chi connectivity index (χ0) is 27.7. The van der Waals surface area contributed by atoms with Crippen molar-refractivity contribution in [1.29, 1.82) is 0 Å². The lowest BCUT2D eigenvalue weighted by molar-refractivity contribution is -0.659. The van der Waals surface area contributed by atoms with Gasteiger partial charge in [0.15, 0.2) is 6.20 Å². The van der Waals surface area contributed by atoms with Gasteiger partial charge in [0.25, 0.3) is 0 Å². The average molecular weight is 521 g/mol. The maximum atomic E-state index is 7.05. The Hall–Kier alpha value is -2.87. The van der Waals surface area contributed by atoms with Gasteiger partial charge in [0.2, 0.25) is 5.69 Å². The van der Waals surface area contributed by atoms with Gasteiger partial charge in [-0.15, -0.1) is 0 Å². The fourth-order valence-corrected chi connectivity index (χ4v) is 7.25. The quantitative estimate of drug-likeness (QED) is 0.215. The number of aromatic nitrogens is 1. The summed E-state index contributed by atoms with van der Waals surface area (Å²) in [5.41, 5.74) is 8.48. The van der Waals surface area contributed by atoms with E-state index in [9.17, 15) is 0 Å². The first-order chi connectivity index (χ1) is 18.4. The number of rotatable bonds is 4. The molecule has 0 atom stereocenters. The van der Waals surface area contributed by atoms with Crippen molar-refractivity contribution in [3.8, 4) is 22.8 Å². The van der Waals surface area contributed by atoms with Crippen LogP contribution in [0.5, 0.6) is 11.5 Å².